The van der Waals surface area contributed by atoms with Crippen LogP contribution in [0.3, 0.4) is 0 Å². The molecule has 0 spiro atoms. The zero-order chi connectivity index (χ0) is 13.0. The Morgan fingerprint density at radius 2 is 1.94 bits per heavy atom. The maximum absolute atomic E-state index is 11.3. The van der Waals surface area contributed by atoms with Crippen LogP contribution in [0.2, 0.25) is 5.02 Å². The highest BCUT2D eigenvalue weighted by Gasteiger charge is 2.09. The fourth-order valence-electron chi connectivity index (χ4n) is 1.60. The van der Waals surface area contributed by atoms with Crippen molar-refractivity contribution in [2.24, 2.45) is 0 Å². The zero-order valence-corrected chi connectivity index (χ0v) is 10.7. The molecule has 18 heavy (non-hydrogen) atoms. The summed E-state index contributed by atoms with van der Waals surface area (Å²) in [6, 6.07) is 10.9. The Morgan fingerprint density at radius 1 is 1.22 bits per heavy atom. The highest BCUT2D eigenvalue weighted by Crippen LogP contribution is 2.24. The second kappa shape index (κ2) is 5.74. The summed E-state index contributed by atoms with van der Waals surface area (Å²) in [4.78, 5) is 11.3. The minimum absolute atomic E-state index is 0.154. The number of halogens is 1. The number of benzene rings is 1. The zero-order valence-electron chi connectivity index (χ0n) is 9.98. The predicted molar refractivity (Wildman–Crippen MR) is 69.5 cm³/mol. The molecule has 0 saturated heterocycles. The molecule has 0 aliphatic heterocycles. The lowest BCUT2D eigenvalue weighted by molar-refractivity contribution is -0.142. The lowest BCUT2D eigenvalue weighted by Gasteiger charge is -1.99. The van der Waals surface area contributed by atoms with Crippen LogP contribution in [-0.4, -0.2) is 12.6 Å². The first-order chi connectivity index (χ1) is 8.69. The van der Waals surface area contributed by atoms with Crippen LogP contribution in [0.4, 0.5) is 0 Å². The van der Waals surface area contributed by atoms with Crippen molar-refractivity contribution < 1.29 is 13.9 Å². The number of hydrogen-bond donors (Lipinski definition) is 0. The van der Waals surface area contributed by atoms with Gasteiger partial charge in [-0.15, -0.1) is 0 Å². The number of furan rings is 1. The van der Waals surface area contributed by atoms with Gasteiger partial charge in [0.05, 0.1) is 6.61 Å². The molecule has 0 N–H and O–H groups in total. The number of rotatable bonds is 4. The van der Waals surface area contributed by atoms with Crippen LogP contribution in [0.15, 0.2) is 40.8 Å². The lowest BCUT2D eigenvalue weighted by atomic mass is 10.2. The molecule has 1 heterocycles. The third-order valence-electron chi connectivity index (χ3n) is 2.41. The van der Waals surface area contributed by atoms with E-state index < -0.39 is 0 Å². The molecule has 0 aliphatic carbocycles. The van der Waals surface area contributed by atoms with Crippen LogP contribution in [0.1, 0.15) is 12.7 Å². The molecular weight excluding hydrogens is 252 g/mol. The Bertz CT molecular complexity index is 528. The molecule has 1 aromatic heterocycles. The molecule has 0 aliphatic rings. The van der Waals surface area contributed by atoms with Crippen LogP contribution in [0, 0.1) is 0 Å². The summed E-state index contributed by atoms with van der Waals surface area (Å²) >= 11 is 5.82. The summed E-state index contributed by atoms with van der Waals surface area (Å²) in [5.74, 6) is 1.03. The van der Waals surface area contributed by atoms with Gasteiger partial charge < -0.3 is 9.15 Å². The topological polar surface area (TPSA) is 39.4 Å². The number of ether oxygens (including phenoxy) is 1. The Hall–Kier alpha value is -1.74. The average molecular weight is 265 g/mol. The van der Waals surface area contributed by atoms with Crippen molar-refractivity contribution in [2.45, 2.75) is 13.3 Å². The van der Waals surface area contributed by atoms with Gasteiger partial charge in [0.1, 0.15) is 17.9 Å². The van der Waals surface area contributed by atoms with Crippen molar-refractivity contribution in [3.63, 3.8) is 0 Å². The molecule has 0 fully saturated rings. The van der Waals surface area contributed by atoms with Crippen molar-refractivity contribution in [1.82, 2.24) is 0 Å². The molecule has 0 amide bonds. The first kappa shape index (κ1) is 12.7. The van der Waals surface area contributed by atoms with Gasteiger partial charge in [0.15, 0.2) is 0 Å². The Balaban J connectivity index is 2.10. The Labute approximate surface area is 110 Å². The Kier molecular flexibility index (Phi) is 4.05. The minimum atomic E-state index is -0.283. The third-order valence-corrected chi connectivity index (χ3v) is 2.67. The van der Waals surface area contributed by atoms with E-state index in [0.717, 1.165) is 5.56 Å². The second-order valence-corrected chi connectivity index (χ2v) is 4.19. The van der Waals surface area contributed by atoms with E-state index in [0.29, 0.717) is 23.2 Å². The van der Waals surface area contributed by atoms with Crippen molar-refractivity contribution >= 4 is 17.6 Å². The molecule has 2 rings (SSSR count). The van der Waals surface area contributed by atoms with E-state index in [2.05, 4.69) is 0 Å². The van der Waals surface area contributed by atoms with Crippen molar-refractivity contribution in [3.05, 3.63) is 47.2 Å². The monoisotopic (exact) mass is 264 g/mol. The summed E-state index contributed by atoms with van der Waals surface area (Å²) in [6.07, 6.45) is 0.154. The van der Waals surface area contributed by atoms with E-state index in [-0.39, 0.29) is 12.4 Å². The molecule has 0 bridgehead atoms. The third kappa shape index (κ3) is 3.14. The summed E-state index contributed by atoms with van der Waals surface area (Å²) in [5.41, 5.74) is 0.925. The SMILES string of the molecule is CCOC(=O)Cc1ccc(-c2ccc(Cl)cc2)o1. The molecular formula is C14H13ClO3. The average Bonchev–Trinajstić information content (AvgIpc) is 2.78. The summed E-state index contributed by atoms with van der Waals surface area (Å²) in [7, 11) is 0. The van der Waals surface area contributed by atoms with Gasteiger partial charge >= 0.3 is 5.97 Å². The maximum atomic E-state index is 11.3. The fraction of sp³-hybridized carbons (Fsp3) is 0.214. The molecule has 0 radical (unpaired) electrons. The van der Waals surface area contributed by atoms with E-state index in [4.69, 9.17) is 20.8 Å². The first-order valence-electron chi connectivity index (χ1n) is 5.69. The van der Waals surface area contributed by atoms with Gasteiger partial charge in [0.25, 0.3) is 0 Å². The van der Waals surface area contributed by atoms with E-state index in [1.54, 1.807) is 25.1 Å². The van der Waals surface area contributed by atoms with Crippen LogP contribution in [0.25, 0.3) is 11.3 Å². The van der Waals surface area contributed by atoms with E-state index >= 15 is 0 Å². The van der Waals surface area contributed by atoms with Gasteiger partial charge in [-0.3, -0.25) is 4.79 Å². The lowest BCUT2D eigenvalue weighted by Crippen LogP contribution is -2.06. The van der Waals surface area contributed by atoms with Gasteiger partial charge in [0, 0.05) is 10.6 Å². The largest absolute Gasteiger partial charge is 0.466 e. The highest BCUT2D eigenvalue weighted by atomic mass is 35.5. The van der Waals surface area contributed by atoms with Crippen LogP contribution in [-0.2, 0) is 16.0 Å². The van der Waals surface area contributed by atoms with Gasteiger partial charge in [-0.05, 0) is 43.3 Å². The number of esters is 1. The van der Waals surface area contributed by atoms with Gasteiger partial charge in [-0.2, -0.15) is 0 Å². The maximum Gasteiger partial charge on any atom is 0.313 e. The molecule has 1 aromatic carbocycles. The molecule has 0 saturated carbocycles. The predicted octanol–water partition coefficient (Wildman–Crippen LogP) is 3.71. The summed E-state index contributed by atoms with van der Waals surface area (Å²) in [6.45, 7) is 2.16. The van der Waals surface area contributed by atoms with Crippen molar-refractivity contribution in [1.29, 1.82) is 0 Å². The van der Waals surface area contributed by atoms with Gasteiger partial charge in [-0.1, -0.05) is 11.6 Å². The van der Waals surface area contributed by atoms with Gasteiger partial charge in [0.2, 0.25) is 0 Å². The van der Waals surface area contributed by atoms with E-state index in [1.807, 2.05) is 18.2 Å². The summed E-state index contributed by atoms with van der Waals surface area (Å²) in [5, 5.41) is 0.678. The molecule has 4 heteroatoms. The number of carbonyl (C=O) groups is 1. The number of hydrogen-bond acceptors (Lipinski definition) is 3. The second-order valence-electron chi connectivity index (χ2n) is 3.75. The quantitative estimate of drug-likeness (QED) is 0.791. The van der Waals surface area contributed by atoms with Crippen LogP contribution in [0.5, 0.6) is 0 Å². The summed E-state index contributed by atoms with van der Waals surface area (Å²) < 4.78 is 10.4. The Morgan fingerprint density at radius 3 is 2.61 bits per heavy atom. The van der Waals surface area contributed by atoms with Crippen LogP contribution < -0.4 is 0 Å². The van der Waals surface area contributed by atoms with Crippen molar-refractivity contribution in [2.75, 3.05) is 6.61 Å². The molecule has 2 aromatic rings. The van der Waals surface area contributed by atoms with Crippen molar-refractivity contribution in [3.8, 4) is 11.3 Å². The van der Waals surface area contributed by atoms with Gasteiger partial charge in [-0.25, -0.2) is 0 Å². The smallest absolute Gasteiger partial charge is 0.313 e. The fourth-order valence-corrected chi connectivity index (χ4v) is 1.72. The molecule has 94 valence electrons. The molecule has 3 nitrogen and oxygen atoms in total. The number of carbonyl (C=O) groups excluding carboxylic acids is 1. The van der Waals surface area contributed by atoms with Crippen LogP contribution >= 0.6 is 11.6 Å². The highest BCUT2D eigenvalue weighted by molar-refractivity contribution is 6.30. The molecule has 0 atom stereocenters. The molecule has 0 unspecified atom stereocenters. The minimum Gasteiger partial charge on any atom is -0.466 e. The van der Waals surface area contributed by atoms with E-state index in [1.165, 1.54) is 0 Å². The van der Waals surface area contributed by atoms with E-state index in [9.17, 15) is 4.79 Å². The standard InChI is InChI=1S/C14H13ClO3/c1-2-17-14(16)9-12-7-8-13(18-12)10-3-5-11(15)6-4-10/h3-8H,2,9H2,1H3. The first-order valence-corrected chi connectivity index (χ1v) is 6.07. The normalized spacial score (nSPS) is 10.3.